The van der Waals surface area contributed by atoms with E-state index in [1.54, 1.807) is 0 Å². The van der Waals surface area contributed by atoms with Crippen LogP contribution in [0.2, 0.25) is 0 Å². The molecule has 2 aromatic heterocycles. The summed E-state index contributed by atoms with van der Waals surface area (Å²) in [5.41, 5.74) is 2.10. The minimum atomic E-state index is 0.500. The first-order valence-electron chi connectivity index (χ1n) is 5.78. The predicted molar refractivity (Wildman–Crippen MR) is 64.3 cm³/mol. The van der Waals surface area contributed by atoms with Crippen molar-refractivity contribution in [2.24, 2.45) is 13.0 Å². The minimum absolute atomic E-state index is 0.500. The van der Waals surface area contributed by atoms with Gasteiger partial charge in [0.25, 0.3) is 0 Å². The van der Waals surface area contributed by atoms with Gasteiger partial charge in [0.05, 0.1) is 11.8 Å². The molecule has 1 fully saturated rings. The first-order valence-corrected chi connectivity index (χ1v) is 5.78. The number of hydrogen-bond donors (Lipinski definition) is 1. The van der Waals surface area contributed by atoms with Crippen LogP contribution in [-0.4, -0.2) is 20.6 Å². The van der Waals surface area contributed by atoms with E-state index < -0.39 is 0 Å². The Kier molecular flexibility index (Phi) is 2.09. The summed E-state index contributed by atoms with van der Waals surface area (Å²) in [6, 6.07) is 2.50. The Morgan fingerprint density at radius 2 is 2.25 bits per heavy atom. The molecule has 1 atom stereocenters. The van der Waals surface area contributed by atoms with E-state index in [-0.39, 0.29) is 0 Å². The summed E-state index contributed by atoms with van der Waals surface area (Å²) in [6.07, 6.45) is 6.35. The average Bonchev–Trinajstić information content (AvgIpc) is 3.05. The number of aromatic nitrogens is 3. The second kappa shape index (κ2) is 3.47. The zero-order chi connectivity index (χ0) is 11.1. The molecule has 16 heavy (non-hydrogen) atoms. The van der Waals surface area contributed by atoms with Crippen molar-refractivity contribution in [1.29, 1.82) is 0 Å². The molecule has 0 aromatic carbocycles. The van der Waals surface area contributed by atoms with E-state index >= 15 is 0 Å². The molecule has 1 unspecified atom stereocenters. The van der Waals surface area contributed by atoms with E-state index in [1.165, 1.54) is 12.8 Å². The SMILES string of the molecule is CC(Nc1nccc2c1ncn2C)C1CC1. The van der Waals surface area contributed by atoms with Crippen LogP contribution < -0.4 is 5.32 Å². The minimum Gasteiger partial charge on any atom is -0.365 e. The number of hydrogen-bond acceptors (Lipinski definition) is 3. The Bertz CT molecular complexity index is 513. The molecule has 1 saturated carbocycles. The first-order chi connectivity index (χ1) is 7.75. The molecule has 3 rings (SSSR count). The van der Waals surface area contributed by atoms with Gasteiger partial charge < -0.3 is 9.88 Å². The summed E-state index contributed by atoms with van der Waals surface area (Å²) in [6.45, 7) is 2.22. The van der Waals surface area contributed by atoms with Gasteiger partial charge >= 0.3 is 0 Å². The van der Waals surface area contributed by atoms with Crippen LogP contribution in [0.25, 0.3) is 11.0 Å². The van der Waals surface area contributed by atoms with Crippen molar-refractivity contribution in [3.05, 3.63) is 18.6 Å². The number of anilines is 1. The molecule has 1 aliphatic rings. The summed E-state index contributed by atoms with van der Waals surface area (Å²) in [7, 11) is 2.00. The molecule has 84 valence electrons. The lowest BCUT2D eigenvalue weighted by atomic mass is 10.2. The summed E-state index contributed by atoms with van der Waals surface area (Å²) < 4.78 is 2.02. The van der Waals surface area contributed by atoms with Crippen molar-refractivity contribution in [3.63, 3.8) is 0 Å². The summed E-state index contributed by atoms with van der Waals surface area (Å²) >= 11 is 0. The van der Waals surface area contributed by atoms with E-state index in [0.717, 1.165) is 22.8 Å². The average molecular weight is 216 g/mol. The lowest BCUT2D eigenvalue weighted by Crippen LogP contribution is -2.18. The number of pyridine rings is 1. The van der Waals surface area contributed by atoms with E-state index in [2.05, 4.69) is 22.2 Å². The highest BCUT2D eigenvalue weighted by Gasteiger charge is 2.28. The molecule has 0 aliphatic heterocycles. The van der Waals surface area contributed by atoms with Gasteiger partial charge in [-0.05, 0) is 31.7 Å². The van der Waals surface area contributed by atoms with Crippen LogP contribution >= 0.6 is 0 Å². The third-order valence-corrected chi connectivity index (χ3v) is 3.34. The normalized spacial score (nSPS) is 17.6. The predicted octanol–water partition coefficient (Wildman–Crippen LogP) is 2.18. The molecule has 0 radical (unpaired) electrons. The largest absolute Gasteiger partial charge is 0.365 e. The number of imidazole rings is 1. The lowest BCUT2D eigenvalue weighted by Gasteiger charge is -2.13. The van der Waals surface area contributed by atoms with Crippen LogP contribution in [-0.2, 0) is 7.05 Å². The quantitative estimate of drug-likeness (QED) is 0.855. The topological polar surface area (TPSA) is 42.7 Å². The van der Waals surface area contributed by atoms with Crippen LogP contribution in [0.4, 0.5) is 5.82 Å². The zero-order valence-corrected chi connectivity index (χ0v) is 9.64. The van der Waals surface area contributed by atoms with Gasteiger partial charge in [-0.2, -0.15) is 0 Å². The lowest BCUT2D eigenvalue weighted by molar-refractivity contribution is 0.691. The fraction of sp³-hybridized carbons (Fsp3) is 0.500. The summed E-state index contributed by atoms with van der Waals surface area (Å²) in [5.74, 6) is 1.73. The Morgan fingerprint density at radius 1 is 1.44 bits per heavy atom. The van der Waals surface area contributed by atoms with Gasteiger partial charge in [-0.25, -0.2) is 9.97 Å². The van der Waals surface area contributed by atoms with E-state index in [4.69, 9.17) is 0 Å². The van der Waals surface area contributed by atoms with Gasteiger partial charge in [0.15, 0.2) is 5.82 Å². The Labute approximate surface area is 94.7 Å². The molecule has 2 aromatic rings. The van der Waals surface area contributed by atoms with Crippen molar-refractivity contribution >= 4 is 16.9 Å². The molecule has 0 spiro atoms. The number of fused-ring (bicyclic) bond motifs is 1. The fourth-order valence-corrected chi connectivity index (χ4v) is 2.10. The van der Waals surface area contributed by atoms with Crippen LogP contribution in [0.1, 0.15) is 19.8 Å². The molecular weight excluding hydrogens is 200 g/mol. The molecule has 0 saturated heterocycles. The van der Waals surface area contributed by atoms with Gasteiger partial charge in [0.1, 0.15) is 5.52 Å². The third-order valence-electron chi connectivity index (χ3n) is 3.34. The second-order valence-electron chi connectivity index (χ2n) is 4.65. The molecule has 4 heteroatoms. The first kappa shape index (κ1) is 9.63. The molecular formula is C12H16N4. The highest BCUT2D eigenvalue weighted by atomic mass is 15.1. The van der Waals surface area contributed by atoms with E-state index in [0.29, 0.717) is 6.04 Å². The molecule has 2 heterocycles. The number of nitrogens with zero attached hydrogens (tertiary/aromatic N) is 3. The fourth-order valence-electron chi connectivity index (χ4n) is 2.10. The van der Waals surface area contributed by atoms with Crippen molar-refractivity contribution in [1.82, 2.24) is 14.5 Å². The van der Waals surface area contributed by atoms with Gasteiger partial charge in [-0.1, -0.05) is 0 Å². The Morgan fingerprint density at radius 3 is 3.00 bits per heavy atom. The van der Waals surface area contributed by atoms with Crippen LogP contribution in [0.3, 0.4) is 0 Å². The van der Waals surface area contributed by atoms with Crippen molar-refractivity contribution in [2.45, 2.75) is 25.8 Å². The van der Waals surface area contributed by atoms with Crippen LogP contribution in [0, 0.1) is 5.92 Å². The van der Waals surface area contributed by atoms with Gasteiger partial charge in [0.2, 0.25) is 0 Å². The highest BCUT2D eigenvalue weighted by molar-refractivity contribution is 5.85. The molecule has 1 N–H and O–H groups in total. The zero-order valence-electron chi connectivity index (χ0n) is 9.64. The smallest absolute Gasteiger partial charge is 0.154 e. The Hall–Kier alpha value is -1.58. The molecule has 4 nitrogen and oxygen atoms in total. The van der Waals surface area contributed by atoms with E-state index in [1.807, 2.05) is 30.2 Å². The van der Waals surface area contributed by atoms with Gasteiger partial charge in [-0.3, -0.25) is 0 Å². The standard InChI is InChI=1S/C12H16N4/c1-8(9-3-4-9)15-12-11-10(5-6-13-12)16(2)7-14-11/h5-9H,3-4H2,1-2H3,(H,13,15). The van der Waals surface area contributed by atoms with Gasteiger partial charge in [-0.15, -0.1) is 0 Å². The summed E-state index contributed by atoms with van der Waals surface area (Å²) in [4.78, 5) is 8.77. The van der Waals surface area contributed by atoms with Crippen molar-refractivity contribution < 1.29 is 0 Å². The maximum Gasteiger partial charge on any atom is 0.154 e. The molecule has 0 amide bonds. The maximum absolute atomic E-state index is 4.39. The van der Waals surface area contributed by atoms with E-state index in [9.17, 15) is 0 Å². The maximum atomic E-state index is 4.39. The van der Waals surface area contributed by atoms with Crippen LogP contribution in [0.15, 0.2) is 18.6 Å². The number of rotatable bonds is 3. The Balaban J connectivity index is 1.96. The highest BCUT2D eigenvalue weighted by Crippen LogP contribution is 2.34. The number of aryl methyl sites for hydroxylation is 1. The van der Waals surface area contributed by atoms with Crippen molar-refractivity contribution in [3.8, 4) is 0 Å². The second-order valence-corrected chi connectivity index (χ2v) is 4.65. The number of nitrogens with one attached hydrogen (secondary N) is 1. The summed E-state index contributed by atoms with van der Waals surface area (Å²) in [5, 5.41) is 3.47. The third kappa shape index (κ3) is 1.54. The monoisotopic (exact) mass is 216 g/mol. The molecule has 1 aliphatic carbocycles. The van der Waals surface area contributed by atoms with Gasteiger partial charge in [0, 0.05) is 19.3 Å². The van der Waals surface area contributed by atoms with Crippen LogP contribution in [0.5, 0.6) is 0 Å². The molecule has 0 bridgehead atoms. The van der Waals surface area contributed by atoms with Crippen molar-refractivity contribution in [2.75, 3.05) is 5.32 Å².